The first kappa shape index (κ1) is 32.8. The second kappa shape index (κ2) is 11.2. The number of nitriles is 3. The van der Waals surface area contributed by atoms with Crippen molar-refractivity contribution in [2.24, 2.45) is 0 Å². The van der Waals surface area contributed by atoms with E-state index in [2.05, 4.69) is 35.2 Å². The predicted octanol–water partition coefficient (Wildman–Crippen LogP) is 10.6. The van der Waals surface area contributed by atoms with Crippen molar-refractivity contribution in [1.82, 2.24) is 0 Å². The molecule has 13 heteroatoms. The highest BCUT2D eigenvalue weighted by Gasteiger charge is 2.60. The van der Waals surface area contributed by atoms with Gasteiger partial charge >= 0.3 is 6.18 Å². The summed E-state index contributed by atoms with van der Waals surface area (Å²) in [5.41, 5.74) is -1.63. The first-order valence-electron chi connectivity index (χ1n) is 14.7. The van der Waals surface area contributed by atoms with Crippen LogP contribution in [0, 0.1) is 34.0 Å². The molecule has 4 aromatic heterocycles. The fourth-order valence-electron chi connectivity index (χ4n) is 6.17. The minimum atomic E-state index is -4.96. The van der Waals surface area contributed by atoms with Gasteiger partial charge in [0, 0.05) is 50.1 Å². The van der Waals surface area contributed by atoms with E-state index in [-0.39, 0.29) is 5.78 Å². The van der Waals surface area contributed by atoms with E-state index >= 15 is 0 Å². The van der Waals surface area contributed by atoms with Crippen molar-refractivity contribution < 1.29 is 22.7 Å². The molecule has 5 aromatic rings. The van der Waals surface area contributed by atoms with Gasteiger partial charge in [-0.15, -0.1) is 45.3 Å². The average molecular weight is 729 g/mol. The van der Waals surface area contributed by atoms with Crippen LogP contribution in [0.25, 0.3) is 45.1 Å². The Labute approximate surface area is 295 Å². The molecule has 6 nitrogen and oxygen atoms in total. The number of nitrogens with zero attached hydrogens (tertiary/aromatic N) is 4. The summed E-state index contributed by atoms with van der Waals surface area (Å²) in [7, 11) is 4.00. The number of Topliss-reactive ketones (excluding diaryl/α,β-unsaturated/α-hetero) is 1. The Hall–Kier alpha value is -4.71. The number of ether oxygens (including phenoxy) is 1. The van der Waals surface area contributed by atoms with Crippen LogP contribution in [-0.4, -0.2) is 31.7 Å². The van der Waals surface area contributed by atoms with Crippen molar-refractivity contribution in [3.8, 4) is 38.4 Å². The Bertz CT molecular complexity index is 2470. The molecule has 0 saturated heterocycles. The quantitative estimate of drug-likeness (QED) is 0.171. The highest BCUT2D eigenvalue weighted by atomic mass is 32.1. The zero-order valence-corrected chi connectivity index (χ0v) is 29.8. The Morgan fingerprint density at radius 2 is 1.55 bits per heavy atom. The highest BCUT2D eigenvalue weighted by Crippen LogP contribution is 2.58. The lowest BCUT2D eigenvalue weighted by molar-refractivity contribution is -0.236. The van der Waals surface area contributed by atoms with E-state index in [9.17, 15) is 33.8 Å². The van der Waals surface area contributed by atoms with Crippen LogP contribution in [0.2, 0.25) is 0 Å². The van der Waals surface area contributed by atoms with E-state index in [4.69, 9.17) is 4.74 Å². The number of thiophene rings is 4. The summed E-state index contributed by atoms with van der Waals surface area (Å²) in [4.78, 5) is 20.0. The number of fused-ring (bicyclic) bond motifs is 7. The molecular weight excluding hydrogens is 706 g/mol. The van der Waals surface area contributed by atoms with Crippen molar-refractivity contribution >= 4 is 81.7 Å². The molecule has 1 unspecified atom stereocenters. The van der Waals surface area contributed by atoms with Crippen LogP contribution in [0.1, 0.15) is 41.6 Å². The molecule has 0 radical (unpaired) electrons. The number of allylic oxidation sites excluding steroid dienone is 2. The number of alkyl halides is 3. The topological polar surface area (TPSA) is 101 Å². The lowest BCUT2D eigenvalue weighted by Gasteiger charge is -2.28. The fraction of sp³-hybridized carbons (Fsp3) is 0.222. The average Bonchev–Trinajstić information content (AvgIpc) is 3.84. The SMILES string of the molecule is CN(C)c1ccc(-c2cc3sc4c(c3s2)C(C)(C)C(=O)c2c-4sc3cc(/C=C/C4=C(C#N)C(=C(C#N)C#N)OC4(C)C(F)(F)F)sc23)cc1. The van der Waals surface area contributed by atoms with E-state index < -0.39 is 39.7 Å². The van der Waals surface area contributed by atoms with Crippen molar-refractivity contribution in [1.29, 1.82) is 15.8 Å². The van der Waals surface area contributed by atoms with Crippen LogP contribution in [0.3, 0.4) is 0 Å². The molecule has 0 bridgehead atoms. The monoisotopic (exact) mass is 728 g/mol. The molecule has 7 rings (SSSR count). The highest BCUT2D eigenvalue weighted by molar-refractivity contribution is 7.35. The third kappa shape index (κ3) is 4.78. The van der Waals surface area contributed by atoms with E-state index in [0.29, 0.717) is 10.4 Å². The second-order valence-electron chi connectivity index (χ2n) is 12.4. The Kier molecular flexibility index (Phi) is 7.47. The van der Waals surface area contributed by atoms with Gasteiger partial charge in [-0.2, -0.15) is 29.0 Å². The number of ketones is 1. The number of halogens is 3. The molecule has 244 valence electrons. The largest absolute Gasteiger partial charge is 0.470 e. The Morgan fingerprint density at radius 1 is 0.898 bits per heavy atom. The summed E-state index contributed by atoms with van der Waals surface area (Å²) in [6, 6.07) is 17.1. The van der Waals surface area contributed by atoms with Crippen LogP contribution >= 0.6 is 45.3 Å². The zero-order chi connectivity index (χ0) is 35.2. The molecule has 1 aliphatic heterocycles. The minimum Gasteiger partial charge on any atom is -0.470 e. The number of rotatable bonds is 4. The van der Waals surface area contributed by atoms with Gasteiger partial charge in [-0.3, -0.25) is 4.79 Å². The Morgan fingerprint density at radius 3 is 2.16 bits per heavy atom. The van der Waals surface area contributed by atoms with Crippen molar-refractivity contribution in [3.05, 3.63) is 81.0 Å². The second-order valence-corrected chi connectivity index (χ2v) is 16.7. The first-order valence-corrected chi connectivity index (χ1v) is 18.0. The number of benzene rings is 1. The van der Waals surface area contributed by atoms with Gasteiger partial charge in [0.05, 0.1) is 30.1 Å². The maximum Gasteiger partial charge on any atom is 0.432 e. The number of anilines is 1. The lowest BCUT2D eigenvalue weighted by atomic mass is 9.74. The van der Waals surface area contributed by atoms with Gasteiger partial charge < -0.3 is 9.64 Å². The summed E-state index contributed by atoms with van der Waals surface area (Å²) in [6.45, 7) is 4.66. The summed E-state index contributed by atoms with van der Waals surface area (Å²) in [5.74, 6) is -0.704. The molecule has 0 fully saturated rings. The fourth-order valence-corrected chi connectivity index (χ4v) is 11.8. The smallest absolute Gasteiger partial charge is 0.432 e. The van der Waals surface area contributed by atoms with Gasteiger partial charge in [0.25, 0.3) is 0 Å². The number of hydrogen-bond donors (Lipinski definition) is 0. The number of carbonyl (C=O) groups is 1. The molecule has 0 N–H and O–H groups in total. The third-order valence-corrected chi connectivity index (χ3v) is 13.9. The van der Waals surface area contributed by atoms with E-state index in [1.807, 2.05) is 34.0 Å². The first-order chi connectivity index (χ1) is 23.1. The maximum absolute atomic E-state index is 14.3. The molecule has 1 atom stereocenters. The molecule has 0 saturated carbocycles. The third-order valence-electron chi connectivity index (χ3n) is 8.88. The molecule has 5 heterocycles. The van der Waals surface area contributed by atoms with Crippen molar-refractivity contribution in [2.45, 2.75) is 38.0 Å². The maximum atomic E-state index is 14.3. The van der Waals surface area contributed by atoms with Crippen LogP contribution in [0.4, 0.5) is 18.9 Å². The number of carbonyl (C=O) groups excluding carboxylic acids is 1. The van der Waals surface area contributed by atoms with E-state index in [1.165, 1.54) is 40.9 Å². The molecular formula is C36H23F3N4O2S4. The summed E-state index contributed by atoms with van der Waals surface area (Å²) in [5, 5.41) is 28.3. The summed E-state index contributed by atoms with van der Waals surface area (Å²) in [6.07, 6.45) is -2.36. The molecule has 0 amide bonds. The van der Waals surface area contributed by atoms with E-state index in [0.717, 1.165) is 63.2 Å². The molecule has 49 heavy (non-hydrogen) atoms. The van der Waals surface area contributed by atoms with E-state index in [1.54, 1.807) is 28.7 Å². The normalized spacial score (nSPS) is 18.4. The van der Waals surface area contributed by atoms with Gasteiger partial charge in [-0.1, -0.05) is 18.2 Å². The standard InChI is InChI=1S/C36H23F3N4O2S4/c1-34(2)27-30-25(13-23(47-30)17-6-8-19(9-7-17)43(4)5)49-32(27)31-26(33(34)44)29-24(48-31)12-20(46-29)10-11-22-21(16-42)28(18(14-40)15-41)45-35(22,3)36(37,38)39/h6-13H,1-5H3/b11-10+. The zero-order valence-electron chi connectivity index (χ0n) is 26.5. The number of hydrogen-bond acceptors (Lipinski definition) is 10. The van der Waals surface area contributed by atoms with Gasteiger partial charge in [-0.05, 0) is 56.7 Å². The molecule has 1 aromatic carbocycles. The minimum absolute atomic E-state index is 0.0118. The van der Waals surface area contributed by atoms with Gasteiger partial charge in [0.2, 0.25) is 5.60 Å². The van der Waals surface area contributed by atoms with Gasteiger partial charge in [-0.25, -0.2) is 0 Å². The van der Waals surface area contributed by atoms with Gasteiger partial charge in [0.15, 0.2) is 17.1 Å². The summed E-state index contributed by atoms with van der Waals surface area (Å²) < 4.78 is 51.8. The van der Waals surface area contributed by atoms with Crippen LogP contribution in [0.5, 0.6) is 0 Å². The van der Waals surface area contributed by atoms with Crippen LogP contribution < -0.4 is 4.90 Å². The lowest BCUT2D eigenvalue weighted by Crippen LogP contribution is -2.43. The van der Waals surface area contributed by atoms with Crippen molar-refractivity contribution in [3.63, 3.8) is 0 Å². The van der Waals surface area contributed by atoms with Gasteiger partial charge in [0.1, 0.15) is 23.8 Å². The molecule has 0 spiro atoms. The Balaban J connectivity index is 1.30. The summed E-state index contributed by atoms with van der Waals surface area (Å²) >= 11 is 6.14. The van der Waals surface area contributed by atoms with Crippen LogP contribution in [0.15, 0.2) is 65.0 Å². The van der Waals surface area contributed by atoms with Crippen LogP contribution in [-0.2, 0) is 10.2 Å². The predicted molar refractivity (Wildman–Crippen MR) is 191 cm³/mol. The molecule has 1 aliphatic carbocycles. The van der Waals surface area contributed by atoms with Crippen molar-refractivity contribution in [2.75, 3.05) is 19.0 Å². The molecule has 2 aliphatic rings.